The molecule has 0 aliphatic rings. The average Bonchev–Trinajstić information content (AvgIpc) is 2.28. The lowest BCUT2D eigenvalue weighted by molar-refractivity contribution is 0.269. The predicted molar refractivity (Wildman–Crippen MR) is 79.7 cm³/mol. The van der Waals surface area contributed by atoms with E-state index < -0.39 is 26.3 Å². The summed E-state index contributed by atoms with van der Waals surface area (Å²) in [6.07, 6.45) is 1.44. The Balaban J connectivity index is 3.53. The summed E-state index contributed by atoms with van der Waals surface area (Å²) in [5.41, 5.74) is 4.40. The van der Waals surface area contributed by atoms with Gasteiger partial charge in [-0.15, -0.1) is 6.58 Å². The summed E-state index contributed by atoms with van der Waals surface area (Å²) in [5.74, 6) is -0.993. The van der Waals surface area contributed by atoms with Crippen molar-refractivity contribution in [1.29, 1.82) is 0 Å². The molecule has 0 unspecified atom stereocenters. The molecule has 2 N–H and O–H groups in total. The number of rotatable bonds is 4. The molecule has 0 radical (unpaired) electrons. The third-order valence-corrected chi connectivity index (χ3v) is 4.99. The highest BCUT2D eigenvalue weighted by molar-refractivity contribution is 7.89. The first kappa shape index (κ1) is 16.9. The third-order valence-electron chi connectivity index (χ3n) is 2.64. The molecule has 4 nitrogen and oxygen atoms in total. The van der Waals surface area contributed by atoms with Gasteiger partial charge in [-0.05, 0) is 32.9 Å². The minimum absolute atomic E-state index is 0.0533. The fourth-order valence-corrected chi connectivity index (χ4v) is 3.91. The number of halogens is 2. The van der Waals surface area contributed by atoms with Crippen LogP contribution in [-0.2, 0) is 10.0 Å². The van der Waals surface area contributed by atoms with E-state index in [-0.39, 0.29) is 17.3 Å². The summed E-state index contributed by atoms with van der Waals surface area (Å²) in [5, 5.41) is 0.0648. The molecular formula is C13H18ClFN2O2S. The van der Waals surface area contributed by atoms with Gasteiger partial charge >= 0.3 is 0 Å². The molecule has 1 rings (SSSR count). The van der Waals surface area contributed by atoms with Crippen LogP contribution in [0.2, 0.25) is 5.02 Å². The number of nitrogen functional groups attached to an aromatic ring is 1. The standard InChI is InChI=1S/C13H18ClFN2O2S/c1-5-6-17(13(2,3)4)20(18,19)11-8-9(14)7-10(16)12(11)15/h5,7-8H,1,6,16H2,2-4H3. The van der Waals surface area contributed by atoms with Gasteiger partial charge in [0.05, 0.1) is 5.69 Å². The Labute approximate surface area is 124 Å². The minimum Gasteiger partial charge on any atom is -0.396 e. The van der Waals surface area contributed by atoms with E-state index in [1.165, 1.54) is 12.1 Å². The SMILES string of the molecule is C=CCN(C(C)(C)C)S(=O)(=O)c1cc(Cl)cc(N)c1F. The van der Waals surface area contributed by atoms with Crippen molar-refractivity contribution in [2.75, 3.05) is 12.3 Å². The maximum atomic E-state index is 14.1. The van der Waals surface area contributed by atoms with Gasteiger partial charge in [0.1, 0.15) is 4.90 Å². The normalized spacial score (nSPS) is 12.7. The first-order chi connectivity index (χ1) is 9.01. The topological polar surface area (TPSA) is 63.4 Å². The second-order valence-electron chi connectivity index (χ2n) is 5.30. The van der Waals surface area contributed by atoms with Gasteiger partial charge in [0.25, 0.3) is 0 Å². The minimum atomic E-state index is -4.07. The first-order valence-corrected chi connectivity index (χ1v) is 7.72. The molecule has 0 saturated heterocycles. The maximum absolute atomic E-state index is 14.1. The lowest BCUT2D eigenvalue weighted by Gasteiger charge is -2.33. The number of sulfonamides is 1. The number of anilines is 1. The first-order valence-electron chi connectivity index (χ1n) is 5.90. The van der Waals surface area contributed by atoms with Crippen LogP contribution in [0.1, 0.15) is 20.8 Å². The number of nitrogens with zero attached hydrogens (tertiary/aromatic N) is 1. The highest BCUT2D eigenvalue weighted by atomic mass is 35.5. The molecule has 112 valence electrons. The Hall–Kier alpha value is -1.11. The summed E-state index contributed by atoms with van der Waals surface area (Å²) in [4.78, 5) is -0.528. The summed E-state index contributed by atoms with van der Waals surface area (Å²) < 4.78 is 40.4. The van der Waals surface area contributed by atoms with Crippen molar-refractivity contribution in [3.05, 3.63) is 35.6 Å². The molecule has 0 aliphatic carbocycles. The van der Waals surface area contributed by atoms with Crippen molar-refractivity contribution in [3.8, 4) is 0 Å². The van der Waals surface area contributed by atoms with Gasteiger partial charge in [-0.1, -0.05) is 17.7 Å². The van der Waals surface area contributed by atoms with Crippen LogP contribution in [0, 0.1) is 5.82 Å². The van der Waals surface area contributed by atoms with Gasteiger partial charge in [-0.2, -0.15) is 4.31 Å². The molecule has 0 heterocycles. The van der Waals surface area contributed by atoms with E-state index in [2.05, 4.69) is 6.58 Å². The molecule has 0 aromatic heterocycles. The maximum Gasteiger partial charge on any atom is 0.246 e. The van der Waals surface area contributed by atoms with Crippen molar-refractivity contribution in [1.82, 2.24) is 4.31 Å². The van der Waals surface area contributed by atoms with E-state index in [9.17, 15) is 12.8 Å². The monoisotopic (exact) mass is 320 g/mol. The number of benzene rings is 1. The van der Waals surface area contributed by atoms with Crippen molar-refractivity contribution in [3.63, 3.8) is 0 Å². The molecule has 0 fully saturated rings. The zero-order valence-corrected chi connectivity index (χ0v) is 13.2. The van der Waals surface area contributed by atoms with E-state index in [1.807, 2.05) is 0 Å². The fraction of sp³-hybridized carbons (Fsp3) is 0.385. The molecule has 20 heavy (non-hydrogen) atoms. The van der Waals surface area contributed by atoms with Crippen molar-refractivity contribution in [2.24, 2.45) is 0 Å². The second kappa shape index (κ2) is 5.71. The van der Waals surface area contributed by atoms with Gasteiger partial charge in [-0.3, -0.25) is 0 Å². The molecule has 0 amide bonds. The lowest BCUT2D eigenvalue weighted by atomic mass is 10.1. The molecule has 0 spiro atoms. The van der Waals surface area contributed by atoms with Crippen LogP contribution in [0.4, 0.5) is 10.1 Å². The largest absolute Gasteiger partial charge is 0.396 e. The van der Waals surface area contributed by atoms with Crippen LogP contribution in [0.15, 0.2) is 29.7 Å². The van der Waals surface area contributed by atoms with Gasteiger partial charge in [0.15, 0.2) is 5.82 Å². The molecule has 0 saturated carbocycles. The zero-order chi connectivity index (χ0) is 15.7. The second-order valence-corrected chi connectivity index (χ2v) is 7.57. The lowest BCUT2D eigenvalue weighted by Crippen LogP contribution is -2.45. The summed E-state index contributed by atoms with van der Waals surface area (Å²) >= 11 is 5.77. The molecule has 1 aromatic rings. The molecule has 0 atom stereocenters. The molecule has 1 aromatic carbocycles. The predicted octanol–water partition coefficient (Wildman–Crippen LogP) is 3.04. The third kappa shape index (κ3) is 3.31. The Bertz CT molecular complexity index is 624. The van der Waals surface area contributed by atoms with Crippen LogP contribution in [0.3, 0.4) is 0 Å². The highest BCUT2D eigenvalue weighted by Crippen LogP contribution is 2.30. The van der Waals surface area contributed by atoms with Crippen molar-refractivity contribution < 1.29 is 12.8 Å². The van der Waals surface area contributed by atoms with Crippen LogP contribution in [0.25, 0.3) is 0 Å². The van der Waals surface area contributed by atoms with Gasteiger partial charge < -0.3 is 5.73 Å². The molecular weight excluding hydrogens is 303 g/mol. The fourth-order valence-electron chi connectivity index (χ4n) is 1.74. The molecule has 7 heteroatoms. The van der Waals surface area contributed by atoms with E-state index in [4.69, 9.17) is 17.3 Å². The average molecular weight is 321 g/mol. The Morgan fingerprint density at radius 1 is 1.45 bits per heavy atom. The van der Waals surface area contributed by atoms with Gasteiger partial charge in [0.2, 0.25) is 10.0 Å². The van der Waals surface area contributed by atoms with Crippen LogP contribution in [0.5, 0.6) is 0 Å². The number of hydrogen-bond donors (Lipinski definition) is 1. The van der Waals surface area contributed by atoms with E-state index >= 15 is 0 Å². The highest BCUT2D eigenvalue weighted by Gasteiger charge is 2.35. The van der Waals surface area contributed by atoms with Gasteiger partial charge in [-0.25, -0.2) is 12.8 Å². The van der Waals surface area contributed by atoms with E-state index in [0.29, 0.717) is 0 Å². The van der Waals surface area contributed by atoms with Crippen molar-refractivity contribution in [2.45, 2.75) is 31.2 Å². The zero-order valence-electron chi connectivity index (χ0n) is 11.7. The van der Waals surface area contributed by atoms with Crippen LogP contribution < -0.4 is 5.73 Å². The Kier molecular flexibility index (Phi) is 4.84. The summed E-state index contributed by atoms with van der Waals surface area (Å²) in [7, 11) is -4.07. The quantitative estimate of drug-likeness (QED) is 0.685. The molecule has 0 aliphatic heterocycles. The van der Waals surface area contributed by atoms with Crippen LogP contribution >= 0.6 is 11.6 Å². The summed E-state index contributed by atoms with van der Waals surface area (Å²) in [6.45, 7) is 8.71. The van der Waals surface area contributed by atoms with E-state index in [1.54, 1.807) is 20.8 Å². The van der Waals surface area contributed by atoms with Crippen LogP contribution in [-0.4, -0.2) is 24.8 Å². The molecule has 0 bridgehead atoms. The number of nitrogens with two attached hydrogens (primary N) is 1. The number of hydrogen-bond acceptors (Lipinski definition) is 3. The van der Waals surface area contributed by atoms with E-state index in [0.717, 1.165) is 10.4 Å². The van der Waals surface area contributed by atoms with Gasteiger partial charge in [0, 0.05) is 17.1 Å². The van der Waals surface area contributed by atoms with Crippen molar-refractivity contribution >= 4 is 27.3 Å². The Morgan fingerprint density at radius 2 is 2.00 bits per heavy atom. The summed E-state index contributed by atoms with van der Waals surface area (Å²) in [6, 6.07) is 2.23. The Morgan fingerprint density at radius 3 is 2.45 bits per heavy atom. The smallest absolute Gasteiger partial charge is 0.246 e.